The van der Waals surface area contributed by atoms with E-state index in [2.05, 4.69) is 39.6 Å². The average Bonchev–Trinajstić information content (AvgIpc) is 2.49. The SMILES string of the molecule is COC[C@H](C)NCc1cc(Br)cs1. The summed E-state index contributed by atoms with van der Waals surface area (Å²) >= 11 is 5.19. The molecule has 1 atom stereocenters. The van der Waals surface area contributed by atoms with Crippen molar-refractivity contribution in [3.63, 3.8) is 0 Å². The van der Waals surface area contributed by atoms with Gasteiger partial charge in [-0.3, -0.25) is 0 Å². The van der Waals surface area contributed by atoms with Crippen molar-refractivity contribution in [1.82, 2.24) is 5.32 Å². The molecule has 0 spiro atoms. The third-order valence-corrected chi connectivity index (χ3v) is 3.36. The van der Waals surface area contributed by atoms with Gasteiger partial charge in [-0.1, -0.05) is 0 Å². The Labute approximate surface area is 91.4 Å². The van der Waals surface area contributed by atoms with E-state index < -0.39 is 0 Å². The van der Waals surface area contributed by atoms with Gasteiger partial charge in [-0.05, 0) is 28.9 Å². The standard InChI is InChI=1S/C9H14BrNOS/c1-7(5-12-2)11-4-9-3-8(10)6-13-9/h3,6-7,11H,4-5H2,1-2H3/t7-/m0/s1. The summed E-state index contributed by atoms with van der Waals surface area (Å²) < 4.78 is 6.19. The first-order chi connectivity index (χ1) is 6.22. The minimum absolute atomic E-state index is 0.408. The van der Waals surface area contributed by atoms with Crippen LogP contribution in [0.2, 0.25) is 0 Å². The lowest BCUT2D eigenvalue weighted by Crippen LogP contribution is -2.29. The largest absolute Gasteiger partial charge is 0.383 e. The second-order valence-electron chi connectivity index (χ2n) is 2.97. The Morgan fingerprint density at radius 2 is 2.46 bits per heavy atom. The molecule has 4 heteroatoms. The van der Waals surface area contributed by atoms with E-state index in [0.29, 0.717) is 6.04 Å². The van der Waals surface area contributed by atoms with E-state index in [4.69, 9.17) is 4.74 Å². The molecule has 0 radical (unpaired) electrons. The van der Waals surface area contributed by atoms with Crippen LogP contribution in [-0.4, -0.2) is 19.8 Å². The molecule has 0 aliphatic carbocycles. The maximum Gasteiger partial charge on any atom is 0.0613 e. The Morgan fingerprint density at radius 1 is 1.69 bits per heavy atom. The zero-order chi connectivity index (χ0) is 9.68. The molecule has 1 N–H and O–H groups in total. The van der Waals surface area contributed by atoms with Gasteiger partial charge < -0.3 is 10.1 Å². The fourth-order valence-electron chi connectivity index (χ4n) is 1.03. The molecule has 1 heterocycles. The highest BCUT2D eigenvalue weighted by Gasteiger charge is 2.01. The lowest BCUT2D eigenvalue weighted by molar-refractivity contribution is 0.172. The number of ether oxygens (including phenoxy) is 1. The van der Waals surface area contributed by atoms with Gasteiger partial charge in [0.1, 0.15) is 0 Å². The van der Waals surface area contributed by atoms with E-state index in [1.54, 1.807) is 18.4 Å². The summed E-state index contributed by atoms with van der Waals surface area (Å²) in [4.78, 5) is 1.34. The summed E-state index contributed by atoms with van der Waals surface area (Å²) in [5.41, 5.74) is 0. The van der Waals surface area contributed by atoms with Crippen molar-refractivity contribution in [2.45, 2.75) is 19.5 Å². The summed E-state index contributed by atoms with van der Waals surface area (Å²) in [5, 5.41) is 5.47. The molecule has 0 saturated carbocycles. The van der Waals surface area contributed by atoms with Crippen molar-refractivity contribution < 1.29 is 4.74 Å². The maximum atomic E-state index is 5.03. The van der Waals surface area contributed by atoms with Crippen molar-refractivity contribution >= 4 is 27.3 Å². The molecule has 0 saturated heterocycles. The molecule has 0 fully saturated rings. The highest BCUT2D eigenvalue weighted by Crippen LogP contribution is 2.19. The van der Waals surface area contributed by atoms with Gasteiger partial charge in [0.2, 0.25) is 0 Å². The molecule has 0 aliphatic heterocycles. The Bertz CT molecular complexity index is 252. The number of halogens is 1. The molecule has 0 bridgehead atoms. The van der Waals surface area contributed by atoms with Crippen LogP contribution in [0.25, 0.3) is 0 Å². The normalized spacial score (nSPS) is 13.2. The van der Waals surface area contributed by atoms with Crippen molar-refractivity contribution in [2.75, 3.05) is 13.7 Å². The molecular formula is C9H14BrNOS. The van der Waals surface area contributed by atoms with Crippen LogP contribution in [0.5, 0.6) is 0 Å². The number of hydrogen-bond donors (Lipinski definition) is 1. The van der Waals surface area contributed by atoms with Crippen molar-refractivity contribution in [3.8, 4) is 0 Å². The number of thiophene rings is 1. The Hall–Kier alpha value is 0.1000. The third-order valence-electron chi connectivity index (χ3n) is 1.66. The van der Waals surface area contributed by atoms with Crippen LogP contribution in [0, 0.1) is 0 Å². The number of hydrogen-bond acceptors (Lipinski definition) is 3. The van der Waals surface area contributed by atoms with E-state index in [0.717, 1.165) is 17.6 Å². The molecule has 0 aliphatic rings. The van der Waals surface area contributed by atoms with Gasteiger partial charge in [-0.2, -0.15) is 0 Å². The Morgan fingerprint density at radius 3 is 3.00 bits per heavy atom. The summed E-state index contributed by atoms with van der Waals surface area (Å²) in [7, 11) is 1.72. The van der Waals surface area contributed by atoms with Crippen LogP contribution in [0.15, 0.2) is 15.9 Å². The summed E-state index contributed by atoms with van der Waals surface area (Å²) in [5.74, 6) is 0. The van der Waals surface area contributed by atoms with Gasteiger partial charge in [-0.15, -0.1) is 11.3 Å². The second-order valence-corrected chi connectivity index (χ2v) is 4.88. The van der Waals surface area contributed by atoms with Crippen LogP contribution in [-0.2, 0) is 11.3 Å². The third kappa shape index (κ3) is 4.22. The number of rotatable bonds is 5. The summed E-state index contributed by atoms with van der Waals surface area (Å²) in [6, 6.07) is 2.54. The van der Waals surface area contributed by atoms with Gasteiger partial charge in [0, 0.05) is 34.4 Å². The lowest BCUT2D eigenvalue weighted by Gasteiger charge is -2.11. The second kappa shape index (κ2) is 5.75. The van der Waals surface area contributed by atoms with E-state index in [1.165, 1.54) is 4.88 Å². The van der Waals surface area contributed by atoms with Crippen molar-refractivity contribution in [3.05, 3.63) is 20.8 Å². The first-order valence-corrected chi connectivity index (χ1v) is 5.85. The fourth-order valence-corrected chi connectivity index (χ4v) is 2.43. The summed E-state index contributed by atoms with van der Waals surface area (Å²) in [6.07, 6.45) is 0. The lowest BCUT2D eigenvalue weighted by atomic mass is 10.3. The van der Waals surface area contributed by atoms with Crippen LogP contribution >= 0.6 is 27.3 Å². The molecule has 13 heavy (non-hydrogen) atoms. The van der Waals surface area contributed by atoms with Gasteiger partial charge in [0.25, 0.3) is 0 Å². The molecule has 0 unspecified atom stereocenters. The van der Waals surface area contributed by atoms with Gasteiger partial charge in [0.05, 0.1) is 6.61 Å². The first kappa shape index (κ1) is 11.2. The van der Waals surface area contributed by atoms with E-state index >= 15 is 0 Å². The number of nitrogens with one attached hydrogen (secondary N) is 1. The summed E-state index contributed by atoms with van der Waals surface area (Å²) in [6.45, 7) is 3.79. The van der Waals surface area contributed by atoms with Crippen LogP contribution < -0.4 is 5.32 Å². The molecule has 1 aromatic heterocycles. The predicted molar refractivity (Wildman–Crippen MR) is 60.2 cm³/mol. The quantitative estimate of drug-likeness (QED) is 0.882. The topological polar surface area (TPSA) is 21.3 Å². The van der Waals surface area contributed by atoms with Crippen molar-refractivity contribution in [2.24, 2.45) is 0 Å². The smallest absolute Gasteiger partial charge is 0.0613 e. The predicted octanol–water partition coefficient (Wildman–Crippen LogP) is 2.64. The molecular weight excluding hydrogens is 250 g/mol. The van der Waals surface area contributed by atoms with Gasteiger partial charge >= 0.3 is 0 Å². The van der Waals surface area contributed by atoms with Crippen LogP contribution in [0.3, 0.4) is 0 Å². The maximum absolute atomic E-state index is 5.03. The van der Waals surface area contributed by atoms with Gasteiger partial charge in [-0.25, -0.2) is 0 Å². The minimum atomic E-state index is 0.408. The zero-order valence-electron chi connectivity index (χ0n) is 7.84. The van der Waals surface area contributed by atoms with Crippen molar-refractivity contribution in [1.29, 1.82) is 0 Å². The molecule has 74 valence electrons. The zero-order valence-corrected chi connectivity index (χ0v) is 10.2. The molecule has 0 amide bonds. The van der Waals surface area contributed by atoms with E-state index in [-0.39, 0.29) is 0 Å². The van der Waals surface area contributed by atoms with E-state index in [9.17, 15) is 0 Å². The van der Waals surface area contributed by atoms with Gasteiger partial charge in [0.15, 0.2) is 0 Å². The fraction of sp³-hybridized carbons (Fsp3) is 0.556. The van der Waals surface area contributed by atoms with E-state index in [1.807, 2.05) is 0 Å². The van der Waals surface area contributed by atoms with Crippen LogP contribution in [0.4, 0.5) is 0 Å². The molecule has 1 rings (SSSR count). The molecule has 2 nitrogen and oxygen atoms in total. The average molecular weight is 264 g/mol. The molecule has 1 aromatic rings. The Balaban J connectivity index is 2.26. The first-order valence-electron chi connectivity index (χ1n) is 4.17. The molecule has 0 aromatic carbocycles. The minimum Gasteiger partial charge on any atom is -0.383 e. The Kier molecular flexibility index (Phi) is 4.94. The highest BCUT2D eigenvalue weighted by atomic mass is 79.9. The monoisotopic (exact) mass is 263 g/mol. The van der Waals surface area contributed by atoms with Crippen LogP contribution in [0.1, 0.15) is 11.8 Å². The highest BCUT2D eigenvalue weighted by molar-refractivity contribution is 9.10. The number of methoxy groups -OCH3 is 1.